The Morgan fingerprint density at radius 3 is 2.39 bits per heavy atom. The van der Waals surface area contributed by atoms with Crippen LogP contribution in [-0.2, 0) is 6.42 Å². The number of anilines is 1. The lowest BCUT2D eigenvalue weighted by molar-refractivity contribution is 0.0751. The maximum atomic E-state index is 12.7. The highest BCUT2D eigenvalue weighted by Gasteiger charge is 2.24. The van der Waals surface area contributed by atoms with E-state index in [0.29, 0.717) is 0 Å². The predicted octanol–water partition coefficient (Wildman–Crippen LogP) is 3.89. The van der Waals surface area contributed by atoms with Gasteiger partial charge < -0.3 is 9.80 Å². The summed E-state index contributed by atoms with van der Waals surface area (Å²) in [7, 11) is 0. The molecular formula is C19H24N2OS. The van der Waals surface area contributed by atoms with Crippen LogP contribution in [-0.4, -0.2) is 37.0 Å². The SMILES string of the molecule is CCc1sc(C(=O)N2CCN(c3ccccc3C)CC2)cc1C. The van der Waals surface area contributed by atoms with Crippen LogP contribution in [0.1, 0.15) is 32.6 Å². The van der Waals surface area contributed by atoms with Crippen LogP contribution in [0.4, 0.5) is 5.69 Å². The van der Waals surface area contributed by atoms with Crippen molar-refractivity contribution < 1.29 is 4.79 Å². The molecule has 1 aliphatic heterocycles. The third-order valence-corrected chi connectivity index (χ3v) is 5.94. The van der Waals surface area contributed by atoms with Gasteiger partial charge in [-0.05, 0) is 43.5 Å². The molecule has 1 aromatic heterocycles. The van der Waals surface area contributed by atoms with E-state index in [1.165, 1.54) is 21.7 Å². The van der Waals surface area contributed by atoms with Crippen LogP contribution in [0.25, 0.3) is 0 Å². The van der Waals surface area contributed by atoms with Gasteiger partial charge in [0.05, 0.1) is 4.88 Å². The summed E-state index contributed by atoms with van der Waals surface area (Å²) in [5, 5.41) is 0. The van der Waals surface area contributed by atoms with Crippen molar-refractivity contribution in [2.45, 2.75) is 27.2 Å². The Kier molecular flexibility index (Phi) is 4.71. The van der Waals surface area contributed by atoms with Crippen molar-refractivity contribution in [1.82, 2.24) is 4.90 Å². The zero-order chi connectivity index (χ0) is 16.4. The van der Waals surface area contributed by atoms with Gasteiger partial charge in [-0.3, -0.25) is 4.79 Å². The Labute approximate surface area is 142 Å². The van der Waals surface area contributed by atoms with Crippen LogP contribution >= 0.6 is 11.3 Å². The van der Waals surface area contributed by atoms with Crippen molar-refractivity contribution in [1.29, 1.82) is 0 Å². The van der Waals surface area contributed by atoms with Gasteiger partial charge in [-0.1, -0.05) is 25.1 Å². The molecular weight excluding hydrogens is 304 g/mol. The van der Waals surface area contributed by atoms with Crippen molar-refractivity contribution >= 4 is 22.9 Å². The highest BCUT2D eigenvalue weighted by molar-refractivity contribution is 7.14. The predicted molar refractivity (Wildman–Crippen MR) is 97.7 cm³/mol. The van der Waals surface area contributed by atoms with Gasteiger partial charge in [-0.25, -0.2) is 0 Å². The van der Waals surface area contributed by atoms with Crippen molar-refractivity contribution in [3.8, 4) is 0 Å². The molecule has 2 aromatic rings. The van der Waals surface area contributed by atoms with Crippen molar-refractivity contribution in [2.24, 2.45) is 0 Å². The summed E-state index contributed by atoms with van der Waals surface area (Å²) in [6.45, 7) is 9.80. The summed E-state index contributed by atoms with van der Waals surface area (Å²) in [5.41, 5.74) is 3.84. The van der Waals surface area contributed by atoms with Gasteiger partial charge >= 0.3 is 0 Å². The molecule has 2 heterocycles. The standard InChI is InChI=1S/C19H24N2OS/c1-4-17-15(3)13-18(23-17)19(22)21-11-9-20(10-12-21)16-8-6-5-7-14(16)2/h5-8,13H,4,9-12H2,1-3H3. The van der Waals surface area contributed by atoms with Crippen LogP contribution in [0.15, 0.2) is 30.3 Å². The fraction of sp³-hybridized carbons (Fsp3) is 0.421. The first-order chi connectivity index (χ1) is 11.1. The van der Waals surface area contributed by atoms with Gasteiger partial charge in [-0.2, -0.15) is 0 Å². The third-order valence-electron chi connectivity index (χ3n) is 4.58. The number of carbonyl (C=O) groups is 1. The monoisotopic (exact) mass is 328 g/mol. The third kappa shape index (κ3) is 3.27. The number of para-hydroxylation sites is 1. The lowest BCUT2D eigenvalue weighted by Gasteiger charge is -2.36. The second-order valence-corrected chi connectivity index (χ2v) is 7.27. The highest BCUT2D eigenvalue weighted by Crippen LogP contribution is 2.25. The van der Waals surface area contributed by atoms with Gasteiger partial charge in [0.15, 0.2) is 0 Å². The van der Waals surface area contributed by atoms with Gasteiger partial charge in [0, 0.05) is 36.7 Å². The van der Waals surface area contributed by atoms with E-state index in [1.807, 2.05) is 4.90 Å². The van der Waals surface area contributed by atoms with Gasteiger partial charge in [0.25, 0.3) is 5.91 Å². The molecule has 0 unspecified atom stereocenters. The van der Waals surface area contributed by atoms with Crippen molar-refractivity contribution in [3.05, 3.63) is 51.2 Å². The summed E-state index contributed by atoms with van der Waals surface area (Å²) >= 11 is 1.66. The minimum atomic E-state index is 0.197. The Morgan fingerprint density at radius 1 is 1.09 bits per heavy atom. The normalized spacial score (nSPS) is 15.1. The molecule has 122 valence electrons. The topological polar surface area (TPSA) is 23.6 Å². The molecule has 23 heavy (non-hydrogen) atoms. The first kappa shape index (κ1) is 16.1. The molecule has 1 fully saturated rings. The fourth-order valence-electron chi connectivity index (χ4n) is 3.20. The number of rotatable bonds is 3. The molecule has 1 saturated heterocycles. The van der Waals surface area contributed by atoms with Crippen LogP contribution in [0.3, 0.4) is 0 Å². The molecule has 0 spiro atoms. The number of carbonyl (C=O) groups excluding carboxylic acids is 1. The van der Waals surface area contributed by atoms with Crippen LogP contribution < -0.4 is 4.90 Å². The Bertz CT molecular complexity index is 699. The molecule has 0 saturated carbocycles. The number of amides is 1. The number of aryl methyl sites for hydroxylation is 3. The summed E-state index contributed by atoms with van der Waals surface area (Å²) in [4.78, 5) is 19.3. The molecule has 0 bridgehead atoms. The Hall–Kier alpha value is -1.81. The van der Waals surface area contributed by atoms with Gasteiger partial charge in [0.2, 0.25) is 0 Å². The quantitative estimate of drug-likeness (QED) is 0.853. The summed E-state index contributed by atoms with van der Waals surface area (Å²) in [5.74, 6) is 0.197. The minimum absolute atomic E-state index is 0.197. The number of benzene rings is 1. The highest BCUT2D eigenvalue weighted by atomic mass is 32.1. The molecule has 0 atom stereocenters. The number of hydrogen-bond donors (Lipinski definition) is 0. The second-order valence-electron chi connectivity index (χ2n) is 6.14. The molecule has 1 aliphatic rings. The average Bonchev–Trinajstić information content (AvgIpc) is 2.96. The summed E-state index contributed by atoms with van der Waals surface area (Å²) in [6.07, 6.45) is 1.00. The lowest BCUT2D eigenvalue weighted by atomic mass is 10.1. The molecule has 0 N–H and O–H groups in total. The first-order valence-corrected chi connectivity index (χ1v) is 9.11. The van der Waals surface area contributed by atoms with Crippen LogP contribution in [0.2, 0.25) is 0 Å². The van der Waals surface area contributed by atoms with E-state index < -0.39 is 0 Å². The lowest BCUT2D eigenvalue weighted by Crippen LogP contribution is -2.48. The van der Waals surface area contributed by atoms with Crippen LogP contribution in [0, 0.1) is 13.8 Å². The largest absolute Gasteiger partial charge is 0.368 e. The molecule has 3 rings (SSSR count). The van der Waals surface area contributed by atoms with Gasteiger partial charge in [-0.15, -0.1) is 11.3 Å². The van der Waals surface area contributed by atoms with E-state index in [1.54, 1.807) is 11.3 Å². The molecule has 3 nitrogen and oxygen atoms in total. The fourth-order valence-corrected chi connectivity index (χ4v) is 4.28. The summed E-state index contributed by atoms with van der Waals surface area (Å²) < 4.78 is 0. The number of piperazine rings is 1. The molecule has 1 amide bonds. The number of thiophene rings is 1. The average molecular weight is 328 g/mol. The molecule has 4 heteroatoms. The number of nitrogens with zero attached hydrogens (tertiary/aromatic N) is 2. The van der Waals surface area contributed by atoms with Crippen molar-refractivity contribution in [3.63, 3.8) is 0 Å². The molecule has 0 radical (unpaired) electrons. The van der Waals surface area contributed by atoms with E-state index in [2.05, 4.69) is 56.0 Å². The van der Waals surface area contributed by atoms with Crippen molar-refractivity contribution in [2.75, 3.05) is 31.1 Å². The van der Waals surface area contributed by atoms with E-state index >= 15 is 0 Å². The first-order valence-electron chi connectivity index (χ1n) is 8.29. The maximum Gasteiger partial charge on any atom is 0.264 e. The minimum Gasteiger partial charge on any atom is -0.368 e. The zero-order valence-corrected chi connectivity index (χ0v) is 14.9. The van der Waals surface area contributed by atoms with E-state index in [-0.39, 0.29) is 5.91 Å². The molecule has 0 aliphatic carbocycles. The maximum absolute atomic E-state index is 12.7. The second kappa shape index (κ2) is 6.75. The van der Waals surface area contributed by atoms with Crippen LogP contribution in [0.5, 0.6) is 0 Å². The van der Waals surface area contributed by atoms with Gasteiger partial charge in [0.1, 0.15) is 0 Å². The Morgan fingerprint density at radius 2 is 1.78 bits per heavy atom. The number of hydrogen-bond acceptors (Lipinski definition) is 3. The molecule has 1 aromatic carbocycles. The van der Waals surface area contributed by atoms with E-state index in [9.17, 15) is 4.79 Å². The van der Waals surface area contributed by atoms with E-state index in [0.717, 1.165) is 37.5 Å². The van der Waals surface area contributed by atoms with E-state index in [4.69, 9.17) is 0 Å². The summed E-state index contributed by atoms with van der Waals surface area (Å²) in [6, 6.07) is 10.5. The Balaban J connectivity index is 1.66. The smallest absolute Gasteiger partial charge is 0.264 e. The zero-order valence-electron chi connectivity index (χ0n) is 14.1.